The summed E-state index contributed by atoms with van der Waals surface area (Å²) in [6.07, 6.45) is 5.13. The highest BCUT2D eigenvalue weighted by atomic mass is 16.4. The molecule has 0 aromatic rings. The number of carboxylic acids is 1. The van der Waals surface area contributed by atoms with E-state index in [1.807, 2.05) is 0 Å². The number of carboxylic acid groups (broad SMARTS) is 1. The van der Waals surface area contributed by atoms with Crippen molar-refractivity contribution in [2.75, 3.05) is 7.05 Å². The summed E-state index contributed by atoms with van der Waals surface area (Å²) < 4.78 is 0. The zero-order valence-electron chi connectivity index (χ0n) is 9.40. The average molecular weight is 213 g/mol. The predicted octanol–water partition coefficient (Wildman–Crippen LogP) is 1.50. The molecular weight excluding hydrogens is 194 g/mol. The Bertz CT molecular complexity index is 248. The van der Waals surface area contributed by atoms with Gasteiger partial charge in [0, 0.05) is 13.5 Å². The number of amides is 1. The Morgan fingerprint density at radius 1 is 1.47 bits per heavy atom. The Hall–Kier alpha value is -1.06. The largest absolute Gasteiger partial charge is 0.480 e. The summed E-state index contributed by atoms with van der Waals surface area (Å²) in [5.74, 6) is -0.311. The number of hydrogen-bond donors (Lipinski definition) is 1. The second-order valence-electron chi connectivity index (χ2n) is 4.35. The van der Waals surface area contributed by atoms with Gasteiger partial charge in [0.05, 0.1) is 0 Å². The molecule has 0 heterocycles. The quantitative estimate of drug-likeness (QED) is 0.753. The van der Waals surface area contributed by atoms with Crippen molar-refractivity contribution in [3.8, 4) is 0 Å². The summed E-state index contributed by atoms with van der Waals surface area (Å²) in [6.45, 7) is 1.53. The number of carbonyl (C=O) groups is 2. The first-order chi connectivity index (χ1) is 7.02. The Kier molecular flexibility index (Phi) is 4.12. The van der Waals surface area contributed by atoms with Crippen LogP contribution >= 0.6 is 0 Å². The highest BCUT2D eigenvalue weighted by Crippen LogP contribution is 2.30. The highest BCUT2D eigenvalue weighted by molar-refractivity contribution is 5.83. The zero-order chi connectivity index (χ0) is 11.4. The third-order valence-corrected chi connectivity index (χ3v) is 3.32. The molecule has 1 atom stereocenters. The topological polar surface area (TPSA) is 57.6 Å². The molecule has 0 aromatic carbocycles. The molecule has 15 heavy (non-hydrogen) atoms. The molecule has 0 bridgehead atoms. The molecule has 0 saturated heterocycles. The van der Waals surface area contributed by atoms with Crippen molar-refractivity contribution >= 4 is 11.9 Å². The minimum Gasteiger partial charge on any atom is -0.480 e. The van der Waals surface area contributed by atoms with Gasteiger partial charge in [-0.3, -0.25) is 4.79 Å². The monoisotopic (exact) mass is 213 g/mol. The van der Waals surface area contributed by atoms with Crippen LogP contribution in [0.15, 0.2) is 0 Å². The van der Waals surface area contributed by atoms with E-state index in [9.17, 15) is 9.59 Å². The maximum Gasteiger partial charge on any atom is 0.326 e. The molecule has 4 heteroatoms. The molecule has 0 radical (unpaired) electrons. The summed E-state index contributed by atoms with van der Waals surface area (Å²) in [4.78, 5) is 23.6. The number of hydrogen-bond acceptors (Lipinski definition) is 2. The van der Waals surface area contributed by atoms with E-state index in [0.717, 1.165) is 6.42 Å². The second-order valence-corrected chi connectivity index (χ2v) is 4.35. The van der Waals surface area contributed by atoms with Gasteiger partial charge in [0.2, 0.25) is 5.91 Å². The van der Waals surface area contributed by atoms with Crippen LogP contribution in [-0.4, -0.2) is 35.0 Å². The first kappa shape index (κ1) is 12.0. The van der Waals surface area contributed by atoms with Crippen LogP contribution in [-0.2, 0) is 9.59 Å². The lowest BCUT2D eigenvalue weighted by atomic mass is 9.82. The summed E-state index contributed by atoms with van der Waals surface area (Å²) in [5, 5.41) is 8.74. The van der Waals surface area contributed by atoms with E-state index in [2.05, 4.69) is 0 Å². The summed E-state index contributed by atoms with van der Waals surface area (Å²) >= 11 is 0. The number of aliphatic carboxylic acids is 1. The average Bonchev–Trinajstić information content (AvgIpc) is 2.12. The van der Waals surface area contributed by atoms with Crippen LogP contribution in [0.5, 0.6) is 0 Å². The third-order valence-electron chi connectivity index (χ3n) is 3.32. The minimum atomic E-state index is -0.950. The van der Waals surface area contributed by atoms with Gasteiger partial charge in [-0.15, -0.1) is 0 Å². The van der Waals surface area contributed by atoms with Gasteiger partial charge in [-0.1, -0.05) is 19.3 Å². The molecule has 4 nitrogen and oxygen atoms in total. The predicted molar refractivity (Wildman–Crippen MR) is 56.4 cm³/mol. The SMILES string of the molecule is CC(C(=O)O)N(C)C(=O)CCC1CCC1. The number of carbonyl (C=O) groups excluding carboxylic acids is 1. The fourth-order valence-electron chi connectivity index (χ4n) is 1.67. The molecule has 1 saturated carbocycles. The molecule has 1 fully saturated rings. The van der Waals surface area contributed by atoms with E-state index in [1.54, 1.807) is 7.05 Å². The van der Waals surface area contributed by atoms with E-state index >= 15 is 0 Å². The molecule has 86 valence electrons. The van der Waals surface area contributed by atoms with Crippen LogP contribution in [0.4, 0.5) is 0 Å². The van der Waals surface area contributed by atoms with Gasteiger partial charge < -0.3 is 10.0 Å². The van der Waals surface area contributed by atoms with Gasteiger partial charge in [-0.05, 0) is 19.3 Å². The lowest BCUT2D eigenvalue weighted by Gasteiger charge is -2.27. The van der Waals surface area contributed by atoms with Crippen molar-refractivity contribution in [3.05, 3.63) is 0 Å². The molecule has 0 spiro atoms. The van der Waals surface area contributed by atoms with E-state index in [0.29, 0.717) is 12.3 Å². The molecular formula is C11H19NO3. The van der Waals surface area contributed by atoms with E-state index in [4.69, 9.17) is 5.11 Å². The van der Waals surface area contributed by atoms with Gasteiger partial charge in [-0.25, -0.2) is 4.79 Å². The molecule has 1 amide bonds. The first-order valence-electron chi connectivity index (χ1n) is 5.51. The first-order valence-corrected chi connectivity index (χ1v) is 5.51. The Morgan fingerprint density at radius 2 is 2.07 bits per heavy atom. The number of rotatable bonds is 5. The van der Waals surface area contributed by atoms with Crippen molar-refractivity contribution in [2.45, 2.75) is 45.1 Å². The maximum absolute atomic E-state index is 11.6. The summed E-state index contributed by atoms with van der Waals surface area (Å²) in [6, 6.07) is -0.723. The van der Waals surface area contributed by atoms with Gasteiger partial charge >= 0.3 is 5.97 Å². The molecule has 1 aliphatic rings. The van der Waals surface area contributed by atoms with Crippen LogP contribution in [0, 0.1) is 5.92 Å². The van der Waals surface area contributed by atoms with Crippen molar-refractivity contribution < 1.29 is 14.7 Å². The van der Waals surface area contributed by atoms with Crippen molar-refractivity contribution in [2.24, 2.45) is 5.92 Å². The fourth-order valence-corrected chi connectivity index (χ4v) is 1.67. The van der Waals surface area contributed by atoms with Gasteiger partial charge in [0.15, 0.2) is 0 Å². The van der Waals surface area contributed by atoms with Gasteiger partial charge in [-0.2, -0.15) is 0 Å². The zero-order valence-corrected chi connectivity index (χ0v) is 9.40. The van der Waals surface area contributed by atoms with E-state index in [-0.39, 0.29) is 5.91 Å². The standard InChI is InChI=1S/C11H19NO3/c1-8(11(14)15)12(2)10(13)7-6-9-4-3-5-9/h8-9H,3-7H2,1-2H3,(H,14,15). The normalized spacial score (nSPS) is 18.0. The fraction of sp³-hybridized carbons (Fsp3) is 0.818. The Labute approximate surface area is 90.3 Å². The van der Waals surface area contributed by atoms with E-state index < -0.39 is 12.0 Å². The van der Waals surface area contributed by atoms with Crippen molar-refractivity contribution in [3.63, 3.8) is 0 Å². The molecule has 0 aliphatic heterocycles. The molecule has 1 N–H and O–H groups in total. The Balaban J connectivity index is 2.28. The molecule has 1 unspecified atom stereocenters. The van der Waals surface area contributed by atoms with Crippen LogP contribution in [0.3, 0.4) is 0 Å². The van der Waals surface area contributed by atoms with E-state index in [1.165, 1.54) is 31.1 Å². The van der Waals surface area contributed by atoms with Crippen molar-refractivity contribution in [1.29, 1.82) is 0 Å². The molecule has 0 aromatic heterocycles. The number of nitrogens with zero attached hydrogens (tertiary/aromatic N) is 1. The van der Waals surface area contributed by atoms with Crippen molar-refractivity contribution in [1.82, 2.24) is 4.90 Å². The molecule has 1 rings (SSSR count). The summed E-state index contributed by atoms with van der Waals surface area (Å²) in [7, 11) is 1.56. The summed E-state index contributed by atoms with van der Waals surface area (Å²) in [5.41, 5.74) is 0. The van der Waals surface area contributed by atoms with Gasteiger partial charge in [0.25, 0.3) is 0 Å². The maximum atomic E-state index is 11.6. The lowest BCUT2D eigenvalue weighted by Crippen LogP contribution is -2.40. The van der Waals surface area contributed by atoms with Crippen LogP contribution < -0.4 is 0 Å². The highest BCUT2D eigenvalue weighted by Gasteiger charge is 2.23. The minimum absolute atomic E-state index is 0.0585. The lowest BCUT2D eigenvalue weighted by molar-refractivity contribution is -0.148. The number of likely N-dealkylation sites (N-methyl/N-ethyl adjacent to an activating group) is 1. The van der Waals surface area contributed by atoms with Gasteiger partial charge in [0.1, 0.15) is 6.04 Å². The smallest absolute Gasteiger partial charge is 0.326 e. The molecule has 1 aliphatic carbocycles. The third kappa shape index (κ3) is 3.22. The van der Waals surface area contributed by atoms with Crippen LogP contribution in [0.25, 0.3) is 0 Å². The van der Waals surface area contributed by atoms with Crippen LogP contribution in [0.2, 0.25) is 0 Å². The Morgan fingerprint density at radius 3 is 2.47 bits per heavy atom. The van der Waals surface area contributed by atoms with Crippen LogP contribution in [0.1, 0.15) is 39.0 Å². The second kappa shape index (κ2) is 5.14.